The number of methoxy groups -OCH3 is 1. The van der Waals surface area contributed by atoms with Gasteiger partial charge in [0, 0.05) is 18.9 Å². The highest BCUT2D eigenvalue weighted by Gasteiger charge is 2.02. The van der Waals surface area contributed by atoms with Crippen LogP contribution in [0.1, 0.15) is 19.0 Å². The highest BCUT2D eigenvalue weighted by Crippen LogP contribution is 2.09. The number of nitrogens with one attached hydrogen (secondary N) is 1. The van der Waals surface area contributed by atoms with Gasteiger partial charge in [-0.15, -0.1) is 0 Å². The molecule has 1 N–H and O–H groups in total. The zero-order valence-corrected chi connectivity index (χ0v) is 8.08. The number of aromatic nitrogens is 2. The first-order valence-electron chi connectivity index (χ1n) is 4.43. The van der Waals surface area contributed by atoms with Gasteiger partial charge in [-0.2, -0.15) is 0 Å². The van der Waals surface area contributed by atoms with E-state index in [1.165, 1.54) is 0 Å². The fourth-order valence-electron chi connectivity index (χ4n) is 1.03. The molecule has 0 saturated heterocycles. The largest absolute Gasteiger partial charge is 0.480 e. The van der Waals surface area contributed by atoms with Crippen molar-refractivity contribution in [2.24, 2.45) is 0 Å². The van der Waals surface area contributed by atoms with Crippen LogP contribution in [-0.4, -0.2) is 23.6 Å². The average Bonchev–Trinajstić information content (AvgIpc) is 2.19. The molecule has 0 atom stereocenters. The molecule has 0 amide bonds. The van der Waals surface area contributed by atoms with E-state index < -0.39 is 0 Å². The van der Waals surface area contributed by atoms with Gasteiger partial charge in [0.2, 0.25) is 5.88 Å². The van der Waals surface area contributed by atoms with Crippen molar-refractivity contribution in [2.45, 2.75) is 19.9 Å². The molecule has 0 radical (unpaired) electrons. The van der Waals surface area contributed by atoms with Gasteiger partial charge < -0.3 is 10.1 Å². The standard InChI is InChI=1S/C9H15N3O/c1-3-4-10-7-8-9(13-2)12-6-5-11-8/h5-6,10H,3-4,7H2,1-2H3. The van der Waals surface area contributed by atoms with Gasteiger partial charge >= 0.3 is 0 Å². The molecule has 0 aliphatic rings. The molecule has 4 nitrogen and oxygen atoms in total. The molecule has 1 aromatic rings. The molecule has 0 aliphatic heterocycles. The number of rotatable bonds is 5. The molecular weight excluding hydrogens is 166 g/mol. The number of hydrogen-bond donors (Lipinski definition) is 1. The second-order valence-electron chi connectivity index (χ2n) is 2.69. The fourth-order valence-corrected chi connectivity index (χ4v) is 1.03. The second-order valence-corrected chi connectivity index (χ2v) is 2.69. The van der Waals surface area contributed by atoms with Crippen LogP contribution < -0.4 is 10.1 Å². The summed E-state index contributed by atoms with van der Waals surface area (Å²) < 4.78 is 5.06. The molecule has 1 rings (SSSR count). The Balaban J connectivity index is 2.54. The minimum absolute atomic E-state index is 0.603. The third-order valence-corrected chi connectivity index (χ3v) is 1.65. The van der Waals surface area contributed by atoms with E-state index in [1.807, 2.05) is 0 Å². The van der Waals surface area contributed by atoms with Crippen molar-refractivity contribution in [3.63, 3.8) is 0 Å². The first-order chi connectivity index (χ1) is 6.38. The van der Waals surface area contributed by atoms with Crippen LogP contribution in [0.3, 0.4) is 0 Å². The third kappa shape index (κ3) is 2.99. The third-order valence-electron chi connectivity index (χ3n) is 1.65. The van der Waals surface area contributed by atoms with Gasteiger partial charge in [0.25, 0.3) is 0 Å². The van der Waals surface area contributed by atoms with Crippen LogP contribution in [0.4, 0.5) is 0 Å². The van der Waals surface area contributed by atoms with Gasteiger partial charge in [0.15, 0.2) is 0 Å². The summed E-state index contributed by atoms with van der Waals surface area (Å²) in [6.45, 7) is 3.82. The van der Waals surface area contributed by atoms with Crippen molar-refractivity contribution in [3.8, 4) is 5.88 Å². The fraction of sp³-hybridized carbons (Fsp3) is 0.556. The van der Waals surface area contributed by atoms with Crippen molar-refractivity contribution >= 4 is 0 Å². The Morgan fingerprint density at radius 1 is 1.38 bits per heavy atom. The maximum absolute atomic E-state index is 5.06. The minimum atomic E-state index is 0.603. The van der Waals surface area contributed by atoms with E-state index in [4.69, 9.17) is 4.74 Å². The summed E-state index contributed by atoms with van der Waals surface area (Å²) in [5.41, 5.74) is 0.860. The summed E-state index contributed by atoms with van der Waals surface area (Å²) in [5, 5.41) is 3.24. The molecule has 0 aromatic carbocycles. The van der Waals surface area contributed by atoms with E-state index >= 15 is 0 Å². The molecule has 0 fully saturated rings. The molecule has 1 heterocycles. The van der Waals surface area contributed by atoms with Gasteiger partial charge in [0.05, 0.1) is 7.11 Å². The van der Waals surface area contributed by atoms with Crippen LogP contribution in [0, 0.1) is 0 Å². The molecule has 0 bridgehead atoms. The first-order valence-corrected chi connectivity index (χ1v) is 4.43. The van der Waals surface area contributed by atoms with Crippen molar-refractivity contribution in [2.75, 3.05) is 13.7 Å². The molecule has 0 unspecified atom stereocenters. The highest BCUT2D eigenvalue weighted by molar-refractivity contribution is 5.16. The smallest absolute Gasteiger partial charge is 0.236 e. The molecular formula is C9H15N3O. The number of nitrogens with zero attached hydrogens (tertiary/aromatic N) is 2. The van der Waals surface area contributed by atoms with Crippen LogP contribution in [0.15, 0.2) is 12.4 Å². The Morgan fingerprint density at radius 3 is 2.85 bits per heavy atom. The molecule has 0 spiro atoms. The minimum Gasteiger partial charge on any atom is -0.480 e. The van der Waals surface area contributed by atoms with E-state index in [-0.39, 0.29) is 0 Å². The Hall–Kier alpha value is -1.16. The monoisotopic (exact) mass is 181 g/mol. The van der Waals surface area contributed by atoms with Crippen LogP contribution in [0.5, 0.6) is 5.88 Å². The molecule has 0 aliphatic carbocycles. The lowest BCUT2D eigenvalue weighted by Crippen LogP contribution is -2.15. The zero-order chi connectivity index (χ0) is 9.52. The lowest BCUT2D eigenvalue weighted by molar-refractivity contribution is 0.387. The van der Waals surface area contributed by atoms with Gasteiger partial charge in [-0.25, -0.2) is 4.98 Å². The Labute approximate surface area is 78.4 Å². The van der Waals surface area contributed by atoms with Crippen molar-refractivity contribution in [1.29, 1.82) is 0 Å². The van der Waals surface area contributed by atoms with E-state index in [1.54, 1.807) is 19.5 Å². The topological polar surface area (TPSA) is 47.0 Å². The molecule has 1 aromatic heterocycles. The highest BCUT2D eigenvalue weighted by atomic mass is 16.5. The summed E-state index contributed by atoms with van der Waals surface area (Å²) in [6.07, 6.45) is 4.41. The average molecular weight is 181 g/mol. The SMILES string of the molecule is CCCNCc1nccnc1OC. The maximum Gasteiger partial charge on any atom is 0.236 e. The summed E-state index contributed by atoms with van der Waals surface area (Å²) in [4.78, 5) is 8.22. The zero-order valence-electron chi connectivity index (χ0n) is 8.08. The molecule has 13 heavy (non-hydrogen) atoms. The quantitative estimate of drug-likeness (QED) is 0.688. The van der Waals surface area contributed by atoms with Crippen LogP contribution >= 0.6 is 0 Å². The molecule has 0 saturated carbocycles. The van der Waals surface area contributed by atoms with Crippen LogP contribution in [0.2, 0.25) is 0 Å². The predicted molar refractivity (Wildman–Crippen MR) is 50.6 cm³/mol. The summed E-state index contributed by atoms with van der Waals surface area (Å²) >= 11 is 0. The summed E-state index contributed by atoms with van der Waals surface area (Å²) in [6, 6.07) is 0. The summed E-state index contributed by atoms with van der Waals surface area (Å²) in [7, 11) is 1.60. The van der Waals surface area contributed by atoms with Gasteiger partial charge in [0.1, 0.15) is 5.69 Å². The van der Waals surface area contributed by atoms with Crippen molar-refractivity contribution in [3.05, 3.63) is 18.1 Å². The van der Waals surface area contributed by atoms with Crippen LogP contribution in [-0.2, 0) is 6.54 Å². The van der Waals surface area contributed by atoms with Crippen LogP contribution in [0.25, 0.3) is 0 Å². The number of hydrogen-bond acceptors (Lipinski definition) is 4. The lowest BCUT2D eigenvalue weighted by atomic mass is 10.4. The Kier molecular flexibility index (Phi) is 4.18. The normalized spacial score (nSPS) is 10.0. The van der Waals surface area contributed by atoms with Gasteiger partial charge in [-0.1, -0.05) is 6.92 Å². The molecule has 72 valence electrons. The van der Waals surface area contributed by atoms with Gasteiger partial charge in [-0.3, -0.25) is 4.98 Å². The summed E-state index contributed by atoms with van der Waals surface area (Å²) in [5.74, 6) is 0.603. The Bertz CT molecular complexity index is 252. The van der Waals surface area contributed by atoms with E-state index in [2.05, 4.69) is 22.2 Å². The van der Waals surface area contributed by atoms with Crippen molar-refractivity contribution in [1.82, 2.24) is 15.3 Å². The maximum atomic E-state index is 5.06. The van der Waals surface area contributed by atoms with Gasteiger partial charge in [-0.05, 0) is 13.0 Å². The molecule has 4 heteroatoms. The van der Waals surface area contributed by atoms with E-state index in [0.29, 0.717) is 12.4 Å². The van der Waals surface area contributed by atoms with Crippen molar-refractivity contribution < 1.29 is 4.74 Å². The van der Waals surface area contributed by atoms with E-state index in [9.17, 15) is 0 Å². The van der Waals surface area contributed by atoms with E-state index in [0.717, 1.165) is 18.7 Å². The second kappa shape index (κ2) is 5.48. The Morgan fingerprint density at radius 2 is 2.15 bits per heavy atom. The first kappa shape index (κ1) is 9.92. The number of ether oxygens (including phenoxy) is 1. The predicted octanol–water partition coefficient (Wildman–Crippen LogP) is 0.985. The lowest BCUT2D eigenvalue weighted by Gasteiger charge is -2.05.